The molecule has 0 saturated heterocycles. The van der Waals surface area contributed by atoms with E-state index < -0.39 is 35.6 Å². The summed E-state index contributed by atoms with van der Waals surface area (Å²) in [6.07, 6.45) is 6.28. The molecule has 33 heavy (non-hydrogen) atoms. The van der Waals surface area contributed by atoms with Gasteiger partial charge < -0.3 is 14.9 Å². The number of nitrogens with zero attached hydrogens (tertiary/aromatic N) is 1. The van der Waals surface area contributed by atoms with Crippen LogP contribution >= 0.6 is 11.3 Å². The van der Waals surface area contributed by atoms with Crippen LogP contribution in [-0.4, -0.2) is 45.3 Å². The van der Waals surface area contributed by atoms with Gasteiger partial charge >= 0.3 is 5.97 Å². The summed E-state index contributed by atoms with van der Waals surface area (Å²) in [7, 11) is 0. The number of esters is 1. The summed E-state index contributed by atoms with van der Waals surface area (Å²) < 4.78 is 5.75. The third-order valence-corrected chi connectivity index (χ3v) is 7.47. The molecule has 0 aliphatic carbocycles. The van der Waals surface area contributed by atoms with Gasteiger partial charge in [0.15, 0.2) is 0 Å². The number of aromatic nitrogens is 1. The molecular weight excluding hydrogens is 438 g/mol. The van der Waals surface area contributed by atoms with Crippen LogP contribution in [0.2, 0.25) is 0 Å². The second-order valence-corrected chi connectivity index (χ2v) is 10.9. The number of hydrogen-bond donors (Lipinski definition) is 2. The van der Waals surface area contributed by atoms with E-state index in [9.17, 15) is 19.8 Å². The summed E-state index contributed by atoms with van der Waals surface area (Å²) in [5.74, 6) is -1.48. The largest absolute Gasteiger partial charge is 0.457 e. The fourth-order valence-corrected chi connectivity index (χ4v) is 4.75. The topological polar surface area (TPSA) is 96.7 Å². The molecule has 0 saturated carbocycles. The number of aliphatic hydroxyl groups excluding tert-OH is 2. The first-order valence-electron chi connectivity index (χ1n) is 11.8. The molecule has 0 aromatic carbocycles. The van der Waals surface area contributed by atoms with Crippen LogP contribution in [0.4, 0.5) is 0 Å². The molecule has 7 heteroatoms. The van der Waals surface area contributed by atoms with E-state index in [0.29, 0.717) is 6.42 Å². The highest BCUT2D eigenvalue weighted by atomic mass is 32.1. The highest BCUT2D eigenvalue weighted by Crippen LogP contribution is 2.32. The number of aryl methyl sites for hydroxylation is 1. The number of cyclic esters (lactones) is 1. The van der Waals surface area contributed by atoms with Crippen LogP contribution in [0.1, 0.15) is 77.4 Å². The van der Waals surface area contributed by atoms with E-state index >= 15 is 0 Å². The first kappa shape index (κ1) is 27.4. The van der Waals surface area contributed by atoms with Gasteiger partial charge in [-0.3, -0.25) is 9.59 Å². The van der Waals surface area contributed by atoms with Gasteiger partial charge in [0, 0.05) is 17.7 Å². The lowest BCUT2D eigenvalue weighted by atomic mass is 9.73. The van der Waals surface area contributed by atoms with Crippen LogP contribution < -0.4 is 0 Å². The molecule has 5 atom stereocenters. The van der Waals surface area contributed by atoms with Crippen molar-refractivity contribution in [2.75, 3.05) is 0 Å². The Labute approximate surface area is 201 Å². The van der Waals surface area contributed by atoms with Crippen molar-refractivity contribution in [1.29, 1.82) is 0 Å². The van der Waals surface area contributed by atoms with Crippen LogP contribution in [0.5, 0.6) is 0 Å². The monoisotopic (exact) mass is 477 g/mol. The lowest BCUT2D eigenvalue weighted by molar-refractivity contribution is -0.154. The zero-order valence-corrected chi connectivity index (χ0v) is 21.5. The minimum Gasteiger partial charge on any atom is -0.457 e. The van der Waals surface area contributed by atoms with Gasteiger partial charge in [-0.15, -0.1) is 11.3 Å². The van der Waals surface area contributed by atoms with Crippen LogP contribution in [-0.2, 0) is 14.3 Å². The van der Waals surface area contributed by atoms with E-state index in [1.807, 2.05) is 38.3 Å². The summed E-state index contributed by atoms with van der Waals surface area (Å²) in [5, 5.41) is 24.4. The molecule has 1 aliphatic heterocycles. The second-order valence-electron chi connectivity index (χ2n) is 9.86. The van der Waals surface area contributed by atoms with Gasteiger partial charge in [0.1, 0.15) is 11.9 Å². The Morgan fingerprint density at radius 3 is 2.58 bits per heavy atom. The number of rotatable bonds is 2. The highest BCUT2D eigenvalue weighted by molar-refractivity contribution is 7.09. The highest BCUT2D eigenvalue weighted by Gasteiger charge is 2.42. The quantitative estimate of drug-likeness (QED) is 0.466. The maximum absolute atomic E-state index is 13.1. The lowest BCUT2D eigenvalue weighted by Gasteiger charge is -2.34. The molecule has 184 valence electrons. The molecular formula is C26H39NO5S. The predicted molar refractivity (Wildman–Crippen MR) is 132 cm³/mol. The van der Waals surface area contributed by atoms with Gasteiger partial charge in [-0.2, -0.15) is 0 Å². The van der Waals surface area contributed by atoms with Crippen LogP contribution in [0, 0.1) is 24.2 Å². The summed E-state index contributed by atoms with van der Waals surface area (Å²) in [5.41, 5.74) is 0.513. The van der Waals surface area contributed by atoms with Crippen molar-refractivity contribution in [3.8, 4) is 0 Å². The van der Waals surface area contributed by atoms with E-state index in [2.05, 4.69) is 11.1 Å². The minimum atomic E-state index is -1.21. The number of thiazole rings is 1. The number of hydrogen-bond acceptors (Lipinski definition) is 7. The summed E-state index contributed by atoms with van der Waals surface area (Å²) in [6, 6.07) is 0. The Bertz CT molecular complexity index is 872. The standard InChI is InChI=1S/C26H39NO5S/c1-16-11-9-7-8-10-12-21(17(2)13-20-15-33-19(4)27-20)32-23(29)14-22(28)26(5,6)25(31)18(3)24(16)30/h8,10,13,15-16,18,21-22,24,28,30H,7,9,11-12,14H2,1-6H3/b10-8-,17-13+/t16-,18-,21-,22-,24+/m0/s1. The predicted octanol–water partition coefficient (Wildman–Crippen LogP) is 4.88. The van der Waals surface area contributed by atoms with E-state index in [1.54, 1.807) is 32.1 Å². The van der Waals surface area contributed by atoms with Gasteiger partial charge in [-0.25, -0.2) is 4.98 Å². The van der Waals surface area contributed by atoms with Gasteiger partial charge in [-0.1, -0.05) is 39.8 Å². The molecule has 0 unspecified atom stereocenters. The van der Waals surface area contributed by atoms with Crippen molar-refractivity contribution in [2.45, 2.75) is 92.0 Å². The van der Waals surface area contributed by atoms with Gasteiger partial charge in [0.25, 0.3) is 0 Å². The smallest absolute Gasteiger partial charge is 0.309 e. The van der Waals surface area contributed by atoms with E-state index in [1.165, 1.54) is 0 Å². The SMILES string of the molecule is C/C(=C\c1csc(C)n1)[C@@H]1C/C=C\CCC[C@H](C)[C@@H](O)[C@H](C)C(=O)C(C)(C)[C@@H](O)CC(=O)O1. The number of aliphatic hydroxyl groups is 2. The number of ketones is 1. The van der Waals surface area contributed by atoms with E-state index in [-0.39, 0.29) is 18.1 Å². The number of allylic oxidation sites excluding steroid dienone is 1. The molecule has 1 aromatic rings. The molecule has 2 heterocycles. The fraction of sp³-hybridized carbons (Fsp3) is 0.654. The van der Waals surface area contributed by atoms with Crippen molar-refractivity contribution in [2.24, 2.45) is 17.3 Å². The molecule has 1 aromatic heterocycles. The van der Waals surface area contributed by atoms with Gasteiger partial charge in [0.05, 0.1) is 34.7 Å². The number of carbonyl (C=O) groups excluding carboxylic acids is 2. The number of Topliss-reactive ketones (excluding diaryl/α,β-unsaturated/α-hetero) is 1. The zero-order valence-electron chi connectivity index (χ0n) is 20.7. The average Bonchev–Trinajstić information content (AvgIpc) is 3.16. The first-order chi connectivity index (χ1) is 15.4. The maximum Gasteiger partial charge on any atom is 0.309 e. The normalized spacial score (nSPS) is 31.8. The Balaban J connectivity index is 2.27. The summed E-state index contributed by atoms with van der Waals surface area (Å²) in [4.78, 5) is 30.3. The van der Waals surface area contributed by atoms with Crippen molar-refractivity contribution < 1.29 is 24.5 Å². The number of ether oxygens (including phenoxy) is 1. The maximum atomic E-state index is 13.1. The van der Waals surface area contributed by atoms with Gasteiger partial charge in [-0.05, 0) is 50.7 Å². The van der Waals surface area contributed by atoms with Crippen molar-refractivity contribution in [3.05, 3.63) is 33.8 Å². The third kappa shape index (κ3) is 7.59. The average molecular weight is 478 g/mol. The molecule has 2 N–H and O–H groups in total. The Morgan fingerprint density at radius 1 is 1.24 bits per heavy atom. The summed E-state index contributed by atoms with van der Waals surface area (Å²) in [6.45, 7) is 10.8. The van der Waals surface area contributed by atoms with Gasteiger partial charge in [0.2, 0.25) is 0 Å². The summed E-state index contributed by atoms with van der Waals surface area (Å²) >= 11 is 1.56. The zero-order chi connectivity index (χ0) is 24.8. The molecule has 2 rings (SSSR count). The van der Waals surface area contributed by atoms with Crippen LogP contribution in [0.25, 0.3) is 6.08 Å². The van der Waals surface area contributed by atoms with Crippen molar-refractivity contribution >= 4 is 29.2 Å². The lowest BCUT2D eigenvalue weighted by Crippen LogP contribution is -2.45. The number of carbonyl (C=O) groups is 2. The fourth-order valence-electron chi connectivity index (χ4n) is 4.18. The minimum absolute atomic E-state index is 0.0392. The molecule has 0 spiro atoms. The van der Waals surface area contributed by atoms with E-state index in [4.69, 9.17) is 4.74 Å². The Kier molecular flexibility index (Phi) is 10.0. The molecule has 0 fully saturated rings. The first-order valence-corrected chi connectivity index (χ1v) is 12.7. The third-order valence-electron chi connectivity index (χ3n) is 6.68. The van der Waals surface area contributed by atoms with Crippen LogP contribution in [0.15, 0.2) is 23.1 Å². The molecule has 0 radical (unpaired) electrons. The molecule has 6 nitrogen and oxygen atoms in total. The Morgan fingerprint density at radius 2 is 1.94 bits per heavy atom. The Hall–Kier alpha value is -1.83. The second kappa shape index (κ2) is 12.0. The van der Waals surface area contributed by atoms with E-state index in [0.717, 1.165) is 35.5 Å². The van der Waals surface area contributed by atoms with Crippen LogP contribution in [0.3, 0.4) is 0 Å². The molecule has 0 bridgehead atoms. The molecule has 1 aliphatic rings. The van der Waals surface area contributed by atoms with Crippen molar-refractivity contribution in [3.63, 3.8) is 0 Å². The van der Waals surface area contributed by atoms with Crippen molar-refractivity contribution in [1.82, 2.24) is 4.98 Å². The molecule has 0 amide bonds.